The average molecular weight is 505 g/mol. The second-order valence-electron chi connectivity index (χ2n) is 9.41. The van der Waals surface area contributed by atoms with E-state index in [1.807, 2.05) is 30.3 Å². The Labute approximate surface area is 205 Å². The molecule has 4 rings (SSSR count). The normalized spacial score (nSPS) is 18.9. The molecule has 1 amide bonds. The van der Waals surface area contributed by atoms with Crippen molar-refractivity contribution in [3.63, 3.8) is 0 Å². The number of nitrogens with zero attached hydrogens (tertiary/aromatic N) is 1. The number of nitrogens with two attached hydrogens (primary N) is 1. The highest BCUT2D eigenvalue weighted by Gasteiger charge is 2.45. The van der Waals surface area contributed by atoms with E-state index >= 15 is 0 Å². The van der Waals surface area contributed by atoms with Gasteiger partial charge in [-0.05, 0) is 60.6 Å². The van der Waals surface area contributed by atoms with Gasteiger partial charge in [0.05, 0.1) is 5.71 Å². The van der Waals surface area contributed by atoms with Gasteiger partial charge in [0.15, 0.2) is 6.10 Å². The van der Waals surface area contributed by atoms with Crippen molar-refractivity contribution in [2.45, 2.75) is 56.3 Å². The summed E-state index contributed by atoms with van der Waals surface area (Å²) in [6.45, 7) is 3.85. The van der Waals surface area contributed by atoms with Crippen LogP contribution in [0.4, 0.5) is 0 Å². The maximum Gasteiger partial charge on any atom is 0.272 e. The molecule has 7 nitrogen and oxygen atoms in total. The van der Waals surface area contributed by atoms with Gasteiger partial charge in [0, 0.05) is 22.5 Å². The SMILES string of the molecule is CC(C)C(C(Oc1ccc2c(c1)C(C1(c3ccc(Cl)cc3)CCC1)=NCC2)C(N)=O)S(=O)(=O)O. The minimum atomic E-state index is -4.57. The minimum Gasteiger partial charge on any atom is -0.479 e. The molecule has 0 radical (unpaired) electrons. The second-order valence-corrected chi connectivity index (χ2v) is 11.4. The number of rotatable bonds is 8. The molecule has 0 aromatic heterocycles. The summed E-state index contributed by atoms with van der Waals surface area (Å²) in [5, 5.41) is -0.808. The van der Waals surface area contributed by atoms with Crippen LogP contribution in [0.1, 0.15) is 49.8 Å². The zero-order valence-electron chi connectivity index (χ0n) is 19.2. The van der Waals surface area contributed by atoms with Crippen molar-refractivity contribution in [2.75, 3.05) is 6.54 Å². The molecule has 2 aromatic carbocycles. The van der Waals surface area contributed by atoms with Crippen LogP contribution in [0, 0.1) is 5.92 Å². The van der Waals surface area contributed by atoms with E-state index in [0.717, 1.165) is 48.1 Å². The van der Waals surface area contributed by atoms with E-state index in [1.54, 1.807) is 26.0 Å². The maximum absolute atomic E-state index is 12.2. The Bertz CT molecular complexity index is 1220. The van der Waals surface area contributed by atoms with Crippen LogP contribution in [0.15, 0.2) is 47.5 Å². The molecular weight excluding hydrogens is 476 g/mol. The number of hydrogen-bond acceptors (Lipinski definition) is 5. The lowest BCUT2D eigenvalue weighted by molar-refractivity contribution is -0.125. The Morgan fingerprint density at radius 3 is 2.38 bits per heavy atom. The summed E-state index contributed by atoms with van der Waals surface area (Å²) in [5.74, 6) is -1.25. The van der Waals surface area contributed by atoms with Crippen LogP contribution >= 0.6 is 11.6 Å². The van der Waals surface area contributed by atoms with Crippen molar-refractivity contribution >= 4 is 33.3 Å². The lowest BCUT2D eigenvalue weighted by Crippen LogP contribution is -2.49. The van der Waals surface area contributed by atoms with Crippen molar-refractivity contribution in [3.8, 4) is 5.75 Å². The Balaban J connectivity index is 1.72. The van der Waals surface area contributed by atoms with E-state index in [0.29, 0.717) is 17.3 Å². The Hall–Kier alpha value is -2.42. The van der Waals surface area contributed by atoms with Gasteiger partial charge in [-0.2, -0.15) is 8.42 Å². The molecule has 3 N–H and O–H groups in total. The van der Waals surface area contributed by atoms with Gasteiger partial charge in [0.25, 0.3) is 16.0 Å². The van der Waals surface area contributed by atoms with Gasteiger partial charge in [0.2, 0.25) is 0 Å². The summed E-state index contributed by atoms with van der Waals surface area (Å²) in [6.07, 6.45) is 2.24. The molecule has 2 unspecified atom stereocenters. The van der Waals surface area contributed by atoms with Crippen LogP contribution < -0.4 is 10.5 Å². The van der Waals surface area contributed by atoms with Crippen LogP contribution in [0.3, 0.4) is 0 Å². The fourth-order valence-electron chi connectivity index (χ4n) is 5.09. The molecule has 2 aliphatic rings. The van der Waals surface area contributed by atoms with E-state index in [9.17, 15) is 17.8 Å². The van der Waals surface area contributed by atoms with Gasteiger partial charge in [-0.25, -0.2) is 0 Å². The topological polar surface area (TPSA) is 119 Å². The third kappa shape index (κ3) is 4.59. The van der Waals surface area contributed by atoms with E-state index < -0.39 is 33.3 Å². The Morgan fingerprint density at radius 1 is 1.18 bits per heavy atom. The standard InChI is InChI=1S/C25H29ClN2O5S/c1-15(2)22(34(30,31)32)21(24(27)29)33-19-9-4-16-10-13-28-23(20(16)14-19)25(11-3-12-25)17-5-7-18(26)8-6-17/h4-9,14-15,21-22H,3,10-13H2,1-2H3,(H2,27,29)(H,30,31,32). The molecular formula is C25H29ClN2O5S. The first kappa shape index (κ1) is 24.7. The average Bonchev–Trinajstić information content (AvgIpc) is 2.72. The van der Waals surface area contributed by atoms with Gasteiger partial charge >= 0.3 is 0 Å². The predicted octanol–water partition coefficient (Wildman–Crippen LogP) is 3.95. The molecule has 182 valence electrons. The smallest absolute Gasteiger partial charge is 0.272 e. The van der Waals surface area contributed by atoms with E-state index in [2.05, 4.69) is 0 Å². The number of primary amides is 1. The lowest BCUT2D eigenvalue weighted by Gasteiger charge is -2.45. The van der Waals surface area contributed by atoms with Gasteiger partial charge in [-0.15, -0.1) is 0 Å². The number of fused-ring (bicyclic) bond motifs is 1. The Morgan fingerprint density at radius 2 is 1.85 bits per heavy atom. The summed E-state index contributed by atoms with van der Waals surface area (Å²) < 4.78 is 39.6. The molecule has 1 heterocycles. The van der Waals surface area contributed by atoms with Crippen LogP contribution in [-0.2, 0) is 26.7 Å². The molecule has 2 atom stereocenters. The number of aliphatic imine (C=N–C) groups is 1. The molecule has 34 heavy (non-hydrogen) atoms. The largest absolute Gasteiger partial charge is 0.479 e. The fraction of sp³-hybridized carbons (Fsp3) is 0.440. The predicted molar refractivity (Wildman–Crippen MR) is 132 cm³/mol. The summed E-state index contributed by atoms with van der Waals surface area (Å²) in [6, 6.07) is 13.3. The van der Waals surface area contributed by atoms with Gasteiger partial charge < -0.3 is 10.5 Å². The molecule has 1 aliphatic heterocycles. The van der Waals surface area contributed by atoms with Gasteiger partial charge in [0.1, 0.15) is 11.0 Å². The number of carbonyl (C=O) groups is 1. The number of halogens is 1. The molecule has 0 bridgehead atoms. The summed E-state index contributed by atoms with van der Waals surface area (Å²) in [4.78, 5) is 17.1. The molecule has 2 aromatic rings. The maximum atomic E-state index is 12.2. The first-order chi connectivity index (χ1) is 16.0. The lowest BCUT2D eigenvalue weighted by atomic mass is 9.59. The third-order valence-corrected chi connectivity index (χ3v) is 8.62. The number of ether oxygens (including phenoxy) is 1. The first-order valence-corrected chi connectivity index (χ1v) is 13.3. The van der Waals surface area contributed by atoms with Crippen molar-refractivity contribution in [3.05, 3.63) is 64.2 Å². The highest BCUT2D eigenvalue weighted by Crippen LogP contribution is 2.48. The minimum absolute atomic E-state index is 0.226. The third-order valence-electron chi connectivity index (χ3n) is 6.89. The summed E-state index contributed by atoms with van der Waals surface area (Å²) in [5.41, 5.74) is 9.44. The zero-order chi connectivity index (χ0) is 24.7. The van der Waals surface area contributed by atoms with Crippen LogP contribution in [-0.4, -0.2) is 42.5 Å². The van der Waals surface area contributed by atoms with Crippen LogP contribution in [0.5, 0.6) is 5.75 Å². The fourth-order valence-corrected chi connectivity index (χ4v) is 6.41. The summed E-state index contributed by atoms with van der Waals surface area (Å²) >= 11 is 6.12. The van der Waals surface area contributed by atoms with Crippen molar-refractivity contribution in [1.29, 1.82) is 0 Å². The molecule has 1 aliphatic carbocycles. The van der Waals surface area contributed by atoms with Gasteiger partial charge in [-0.1, -0.05) is 50.1 Å². The van der Waals surface area contributed by atoms with Crippen LogP contribution in [0.25, 0.3) is 0 Å². The highest BCUT2D eigenvalue weighted by atomic mass is 35.5. The molecule has 0 spiro atoms. The van der Waals surface area contributed by atoms with Gasteiger partial charge in [-0.3, -0.25) is 14.3 Å². The molecule has 1 fully saturated rings. The molecule has 1 saturated carbocycles. The van der Waals surface area contributed by atoms with Crippen molar-refractivity contribution in [2.24, 2.45) is 16.6 Å². The van der Waals surface area contributed by atoms with Crippen molar-refractivity contribution in [1.82, 2.24) is 0 Å². The van der Waals surface area contributed by atoms with E-state index in [-0.39, 0.29) is 5.41 Å². The molecule has 9 heteroatoms. The second kappa shape index (κ2) is 9.32. The number of benzene rings is 2. The summed E-state index contributed by atoms with van der Waals surface area (Å²) in [7, 11) is -4.57. The number of carbonyl (C=O) groups excluding carboxylic acids is 1. The van der Waals surface area contributed by atoms with Crippen LogP contribution in [0.2, 0.25) is 5.02 Å². The Kier molecular flexibility index (Phi) is 6.77. The van der Waals surface area contributed by atoms with Crippen molar-refractivity contribution < 1.29 is 22.5 Å². The first-order valence-electron chi connectivity index (χ1n) is 11.4. The van der Waals surface area contributed by atoms with E-state index in [4.69, 9.17) is 27.1 Å². The number of hydrogen-bond donors (Lipinski definition) is 2. The quantitative estimate of drug-likeness (QED) is 0.527. The monoisotopic (exact) mass is 504 g/mol. The number of amides is 1. The molecule has 0 saturated heterocycles. The zero-order valence-corrected chi connectivity index (χ0v) is 20.8. The van der Waals surface area contributed by atoms with E-state index in [1.165, 1.54) is 0 Å². The highest BCUT2D eigenvalue weighted by molar-refractivity contribution is 7.86.